The average Bonchev–Trinajstić information content (AvgIpc) is 3.13. The summed E-state index contributed by atoms with van der Waals surface area (Å²) in [4.78, 5) is 33.9. The predicted octanol–water partition coefficient (Wildman–Crippen LogP) is 3.23. The highest BCUT2D eigenvalue weighted by atomic mass is 16.2. The van der Waals surface area contributed by atoms with Crippen LogP contribution in [0.25, 0.3) is 0 Å². The Bertz CT molecular complexity index is 809. The Hall–Kier alpha value is -2.69. The zero-order valence-corrected chi connectivity index (χ0v) is 16.2. The van der Waals surface area contributed by atoms with E-state index in [2.05, 4.69) is 23.2 Å². The molecule has 2 amide bonds. The van der Waals surface area contributed by atoms with Gasteiger partial charge < -0.3 is 9.80 Å². The smallest absolute Gasteiger partial charge is 0.228 e. The van der Waals surface area contributed by atoms with Gasteiger partial charge in [0.05, 0.1) is 12.0 Å². The number of pyridine rings is 1. The third-order valence-corrected chi connectivity index (χ3v) is 5.93. The van der Waals surface area contributed by atoms with Crippen LogP contribution in [0, 0.1) is 5.92 Å². The topological polar surface area (TPSA) is 53.5 Å². The van der Waals surface area contributed by atoms with Gasteiger partial charge in [-0.3, -0.25) is 14.6 Å². The summed E-state index contributed by atoms with van der Waals surface area (Å²) >= 11 is 0. The van der Waals surface area contributed by atoms with Gasteiger partial charge in [0.2, 0.25) is 11.8 Å². The monoisotopic (exact) mass is 377 g/mol. The second-order valence-electron chi connectivity index (χ2n) is 7.81. The predicted molar refractivity (Wildman–Crippen MR) is 107 cm³/mol. The van der Waals surface area contributed by atoms with E-state index in [-0.39, 0.29) is 23.8 Å². The minimum atomic E-state index is -0.222. The van der Waals surface area contributed by atoms with Crippen molar-refractivity contribution in [1.82, 2.24) is 14.8 Å². The third kappa shape index (κ3) is 4.08. The molecule has 28 heavy (non-hydrogen) atoms. The van der Waals surface area contributed by atoms with E-state index in [1.807, 2.05) is 40.3 Å². The first kappa shape index (κ1) is 18.7. The number of rotatable bonds is 5. The van der Waals surface area contributed by atoms with Crippen molar-refractivity contribution in [2.75, 3.05) is 19.6 Å². The second kappa shape index (κ2) is 8.55. The molecule has 0 aliphatic carbocycles. The Balaban J connectivity index is 1.40. The summed E-state index contributed by atoms with van der Waals surface area (Å²) in [5.41, 5.74) is 2.32. The van der Waals surface area contributed by atoms with Crippen LogP contribution < -0.4 is 0 Å². The van der Waals surface area contributed by atoms with Crippen LogP contribution in [0.4, 0.5) is 0 Å². The van der Waals surface area contributed by atoms with E-state index in [1.165, 1.54) is 5.56 Å². The number of carbonyl (C=O) groups is 2. The van der Waals surface area contributed by atoms with E-state index in [9.17, 15) is 9.59 Å². The Morgan fingerprint density at radius 3 is 2.75 bits per heavy atom. The van der Waals surface area contributed by atoms with Crippen molar-refractivity contribution in [1.29, 1.82) is 0 Å². The Kier molecular flexibility index (Phi) is 5.70. The van der Waals surface area contributed by atoms with Crippen LogP contribution in [0.5, 0.6) is 0 Å². The number of amides is 2. The first-order valence-electron chi connectivity index (χ1n) is 10.2. The maximum Gasteiger partial charge on any atom is 0.228 e. The van der Waals surface area contributed by atoms with E-state index in [4.69, 9.17) is 0 Å². The number of aromatic nitrogens is 1. The highest BCUT2D eigenvalue weighted by Gasteiger charge is 2.39. The van der Waals surface area contributed by atoms with Crippen molar-refractivity contribution in [2.45, 2.75) is 38.1 Å². The summed E-state index contributed by atoms with van der Waals surface area (Å²) in [6.45, 7) is 1.99. The molecule has 2 fully saturated rings. The van der Waals surface area contributed by atoms with Crippen LogP contribution in [0.15, 0.2) is 54.9 Å². The van der Waals surface area contributed by atoms with Crippen LogP contribution in [-0.4, -0.2) is 46.2 Å². The number of hydrogen-bond acceptors (Lipinski definition) is 3. The van der Waals surface area contributed by atoms with Gasteiger partial charge in [0.15, 0.2) is 0 Å². The van der Waals surface area contributed by atoms with Crippen molar-refractivity contribution >= 4 is 11.8 Å². The minimum absolute atomic E-state index is 0.0865. The third-order valence-electron chi connectivity index (χ3n) is 5.93. The highest BCUT2D eigenvalue weighted by Crippen LogP contribution is 2.33. The minimum Gasteiger partial charge on any atom is -0.342 e. The number of piperidine rings is 1. The fraction of sp³-hybridized carbons (Fsp3) is 0.435. The molecule has 2 aliphatic rings. The quantitative estimate of drug-likeness (QED) is 0.804. The largest absolute Gasteiger partial charge is 0.342 e. The van der Waals surface area contributed by atoms with E-state index in [1.54, 1.807) is 6.20 Å². The van der Waals surface area contributed by atoms with E-state index >= 15 is 0 Å². The van der Waals surface area contributed by atoms with Gasteiger partial charge in [-0.25, -0.2) is 0 Å². The standard InChI is InChI=1S/C23H27N3O2/c27-22-15-20(17-25(22)14-11-18-7-2-1-3-8-18)23(28)26-13-5-4-10-21(26)19-9-6-12-24-16-19/h1-3,6-9,12,16,20-21H,4-5,10-11,13-15,17H2/t20-,21-/m0/s1. The summed E-state index contributed by atoms with van der Waals surface area (Å²) in [5, 5.41) is 0. The van der Waals surface area contributed by atoms with Crippen LogP contribution in [0.1, 0.15) is 42.9 Å². The number of carbonyl (C=O) groups excluding carboxylic acids is 2. The molecule has 0 radical (unpaired) electrons. The lowest BCUT2D eigenvalue weighted by molar-refractivity contribution is -0.139. The van der Waals surface area contributed by atoms with Gasteiger partial charge in [-0.15, -0.1) is 0 Å². The van der Waals surface area contributed by atoms with Gasteiger partial charge in [0.25, 0.3) is 0 Å². The van der Waals surface area contributed by atoms with E-state index < -0.39 is 0 Å². The lowest BCUT2D eigenvalue weighted by atomic mass is 9.94. The van der Waals surface area contributed by atoms with E-state index in [0.717, 1.165) is 37.8 Å². The molecule has 0 spiro atoms. The van der Waals surface area contributed by atoms with Gasteiger partial charge in [0, 0.05) is 38.4 Å². The molecular formula is C23H27N3O2. The molecule has 2 atom stereocenters. The average molecular weight is 377 g/mol. The van der Waals surface area contributed by atoms with Crippen molar-refractivity contribution in [3.8, 4) is 0 Å². The van der Waals surface area contributed by atoms with Gasteiger partial charge in [-0.1, -0.05) is 36.4 Å². The summed E-state index contributed by atoms with van der Waals surface area (Å²) in [6, 6.07) is 14.3. The van der Waals surface area contributed by atoms with Gasteiger partial charge in [0.1, 0.15) is 0 Å². The molecule has 0 unspecified atom stereocenters. The number of likely N-dealkylation sites (tertiary alicyclic amines) is 2. The zero-order chi connectivity index (χ0) is 19.3. The normalized spacial score (nSPS) is 22.5. The molecule has 146 valence electrons. The Morgan fingerprint density at radius 1 is 1.11 bits per heavy atom. The molecule has 0 N–H and O–H groups in total. The van der Waals surface area contributed by atoms with Crippen LogP contribution in [-0.2, 0) is 16.0 Å². The Morgan fingerprint density at radius 2 is 1.96 bits per heavy atom. The molecule has 2 aromatic rings. The van der Waals surface area contributed by atoms with Gasteiger partial charge in [-0.2, -0.15) is 0 Å². The lowest BCUT2D eigenvalue weighted by Gasteiger charge is -2.37. The zero-order valence-electron chi connectivity index (χ0n) is 16.2. The maximum absolute atomic E-state index is 13.3. The SMILES string of the molecule is O=C1C[C@H](C(=O)N2CCCC[C@H]2c2cccnc2)CN1CCc1ccccc1. The molecule has 2 saturated heterocycles. The first-order chi connectivity index (χ1) is 13.7. The molecule has 1 aromatic heterocycles. The summed E-state index contributed by atoms with van der Waals surface area (Å²) in [7, 11) is 0. The Labute approximate surface area is 166 Å². The molecule has 4 rings (SSSR count). The molecule has 2 aliphatic heterocycles. The van der Waals surface area contributed by atoms with Crippen LogP contribution in [0.2, 0.25) is 0 Å². The van der Waals surface area contributed by atoms with E-state index in [0.29, 0.717) is 19.5 Å². The number of nitrogens with zero attached hydrogens (tertiary/aromatic N) is 3. The fourth-order valence-electron chi connectivity index (χ4n) is 4.41. The molecule has 1 aromatic carbocycles. The van der Waals surface area contributed by atoms with Crippen LogP contribution in [0.3, 0.4) is 0 Å². The lowest BCUT2D eigenvalue weighted by Crippen LogP contribution is -2.42. The van der Waals surface area contributed by atoms with Crippen molar-refractivity contribution < 1.29 is 9.59 Å². The fourth-order valence-corrected chi connectivity index (χ4v) is 4.41. The number of hydrogen-bond donors (Lipinski definition) is 0. The summed E-state index contributed by atoms with van der Waals surface area (Å²) in [6.07, 6.45) is 7.91. The van der Waals surface area contributed by atoms with Crippen molar-refractivity contribution in [3.05, 3.63) is 66.0 Å². The van der Waals surface area contributed by atoms with Gasteiger partial charge in [-0.05, 0) is 42.9 Å². The molecule has 0 saturated carbocycles. The molecule has 5 heteroatoms. The molecule has 3 heterocycles. The maximum atomic E-state index is 13.3. The molecule has 0 bridgehead atoms. The number of benzene rings is 1. The van der Waals surface area contributed by atoms with Gasteiger partial charge >= 0.3 is 0 Å². The second-order valence-corrected chi connectivity index (χ2v) is 7.81. The molecule has 5 nitrogen and oxygen atoms in total. The first-order valence-corrected chi connectivity index (χ1v) is 10.2. The van der Waals surface area contributed by atoms with Crippen molar-refractivity contribution in [2.24, 2.45) is 5.92 Å². The van der Waals surface area contributed by atoms with Crippen molar-refractivity contribution in [3.63, 3.8) is 0 Å². The summed E-state index contributed by atoms with van der Waals surface area (Å²) in [5.74, 6) is 0.00822. The highest BCUT2D eigenvalue weighted by molar-refractivity contribution is 5.89. The summed E-state index contributed by atoms with van der Waals surface area (Å²) < 4.78 is 0. The van der Waals surface area contributed by atoms with Crippen LogP contribution >= 0.6 is 0 Å². The molecular weight excluding hydrogens is 350 g/mol.